The van der Waals surface area contributed by atoms with Gasteiger partial charge in [0.25, 0.3) is 0 Å². The number of carbonyl (C=O) groups is 1. The molecule has 0 aliphatic rings. The van der Waals surface area contributed by atoms with E-state index in [1.165, 1.54) is 0 Å². The first-order chi connectivity index (χ1) is 9.33. The van der Waals surface area contributed by atoms with Gasteiger partial charge in [0.15, 0.2) is 11.3 Å². The van der Waals surface area contributed by atoms with Gasteiger partial charge in [-0.15, -0.1) is 13.2 Å². The molecule has 0 aliphatic carbocycles. The van der Waals surface area contributed by atoms with Crippen LogP contribution in [0.5, 0.6) is 5.75 Å². The number of benzene rings is 1. The fourth-order valence-corrected chi connectivity index (χ4v) is 1.34. The highest BCUT2D eigenvalue weighted by atomic mass is 19.4. The van der Waals surface area contributed by atoms with Crippen molar-refractivity contribution in [2.24, 2.45) is 5.73 Å². The van der Waals surface area contributed by atoms with Gasteiger partial charge in [0.2, 0.25) is 0 Å². The van der Waals surface area contributed by atoms with E-state index in [2.05, 4.69) is 4.74 Å². The zero-order chi connectivity index (χ0) is 16.5. The Balaban J connectivity index is 2.79. The van der Waals surface area contributed by atoms with Gasteiger partial charge in [-0.1, -0.05) is 12.1 Å². The van der Waals surface area contributed by atoms with Crippen LogP contribution < -0.4 is 10.5 Å². The highest BCUT2D eigenvalue weighted by Crippen LogP contribution is 2.30. The molecule has 0 fully saturated rings. The van der Waals surface area contributed by atoms with E-state index in [4.69, 9.17) is 5.73 Å². The van der Waals surface area contributed by atoms with E-state index in [-0.39, 0.29) is 5.56 Å². The van der Waals surface area contributed by atoms with Crippen molar-refractivity contribution in [1.82, 2.24) is 0 Å². The van der Waals surface area contributed by atoms with Crippen molar-refractivity contribution in [3.63, 3.8) is 0 Å². The maximum Gasteiger partial charge on any atom is 0.573 e. The topological polar surface area (TPSA) is 52.3 Å². The molecule has 0 saturated heterocycles. The van der Waals surface area contributed by atoms with Crippen molar-refractivity contribution >= 4 is 5.78 Å². The predicted molar refractivity (Wildman–Crippen MR) is 60.5 cm³/mol. The van der Waals surface area contributed by atoms with E-state index in [0.29, 0.717) is 6.92 Å². The van der Waals surface area contributed by atoms with Crippen LogP contribution in [0.2, 0.25) is 0 Å². The van der Waals surface area contributed by atoms with Crippen molar-refractivity contribution in [2.45, 2.75) is 31.4 Å². The molecule has 1 aromatic rings. The summed E-state index contributed by atoms with van der Waals surface area (Å²) in [6.45, 7) is 0.538. The summed E-state index contributed by atoms with van der Waals surface area (Å²) in [6.07, 6.45) is -10.4. The minimum atomic E-state index is -4.91. The second kappa shape index (κ2) is 5.55. The summed E-state index contributed by atoms with van der Waals surface area (Å²) in [7, 11) is 0. The molecule has 2 N–H and O–H groups in total. The Morgan fingerprint density at radius 1 is 1.10 bits per heavy atom. The number of hydrogen-bond acceptors (Lipinski definition) is 3. The summed E-state index contributed by atoms with van der Waals surface area (Å²) in [5, 5.41) is 0. The second-order valence-electron chi connectivity index (χ2n) is 4.49. The van der Waals surface area contributed by atoms with Gasteiger partial charge in [-0.25, -0.2) is 0 Å². The maximum absolute atomic E-state index is 12.5. The van der Waals surface area contributed by atoms with Crippen molar-refractivity contribution < 1.29 is 35.9 Å². The molecule has 1 aromatic carbocycles. The number of Topliss-reactive ketones (excluding diaryl/α,β-unsaturated/α-hetero) is 1. The summed E-state index contributed by atoms with van der Waals surface area (Å²) in [5.74, 6) is -1.83. The Hall–Kier alpha value is -1.77. The van der Waals surface area contributed by atoms with Crippen molar-refractivity contribution in [3.05, 3.63) is 29.8 Å². The highest BCUT2D eigenvalue weighted by molar-refractivity contribution is 5.90. The Kier molecular flexibility index (Phi) is 4.57. The largest absolute Gasteiger partial charge is 0.573 e. The Bertz CT molecular complexity index is 504. The molecule has 0 amide bonds. The third-order valence-corrected chi connectivity index (χ3v) is 2.69. The van der Waals surface area contributed by atoms with Gasteiger partial charge in [0.05, 0.1) is 0 Å². The minimum absolute atomic E-state index is 0.0930. The average molecular weight is 315 g/mol. The summed E-state index contributed by atoms with van der Waals surface area (Å²) in [5.41, 5.74) is 2.02. The van der Waals surface area contributed by atoms with Crippen LogP contribution in [0.25, 0.3) is 0 Å². The van der Waals surface area contributed by atoms with Crippen LogP contribution in [-0.2, 0) is 11.2 Å². The zero-order valence-corrected chi connectivity index (χ0v) is 10.7. The molecule has 0 aliphatic heterocycles. The molecule has 0 aromatic heterocycles. The van der Waals surface area contributed by atoms with Crippen LogP contribution in [0.3, 0.4) is 0 Å². The first kappa shape index (κ1) is 17.3. The smallest absolute Gasteiger partial charge is 0.406 e. The normalized spacial score (nSPS) is 15.4. The standard InChI is InChI=1S/C12H11F6NO2/c1-10(19,11(13,14)15)9(20)6-7-2-4-8(5-3-7)21-12(16,17)18/h2-5H,6,19H2,1H3. The molecular weight excluding hydrogens is 304 g/mol. The van der Waals surface area contributed by atoms with Crippen LogP contribution in [0, 0.1) is 0 Å². The molecule has 1 unspecified atom stereocenters. The SMILES string of the molecule is CC(N)(C(=O)Cc1ccc(OC(F)(F)F)cc1)C(F)(F)F. The monoisotopic (exact) mass is 315 g/mol. The number of carbonyl (C=O) groups excluding carboxylic acids is 1. The average Bonchev–Trinajstić information content (AvgIpc) is 2.28. The molecule has 0 radical (unpaired) electrons. The molecule has 21 heavy (non-hydrogen) atoms. The van der Waals surface area contributed by atoms with Crippen LogP contribution >= 0.6 is 0 Å². The first-order valence-corrected chi connectivity index (χ1v) is 5.56. The predicted octanol–water partition coefficient (Wildman–Crippen LogP) is 2.98. The molecule has 0 heterocycles. The van der Waals surface area contributed by atoms with E-state index < -0.39 is 36.0 Å². The van der Waals surface area contributed by atoms with Gasteiger partial charge in [-0.2, -0.15) is 13.2 Å². The number of nitrogens with two attached hydrogens (primary N) is 1. The van der Waals surface area contributed by atoms with Gasteiger partial charge < -0.3 is 10.5 Å². The molecule has 0 saturated carbocycles. The molecule has 1 rings (SSSR count). The summed E-state index contributed by atoms with van der Waals surface area (Å²) < 4.78 is 77.0. The quantitative estimate of drug-likeness (QED) is 0.869. The van der Waals surface area contributed by atoms with Crippen LogP contribution in [-0.4, -0.2) is 23.9 Å². The molecule has 118 valence electrons. The van der Waals surface area contributed by atoms with E-state index >= 15 is 0 Å². The Labute approximate surface area is 115 Å². The van der Waals surface area contributed by atoms with E-state index in [0.717, 1.165) is 24.3 Å². The van der Waals surface area contributed by atoms with Gasteiger partial charge in [-0.3, -0.25) is 4.79 Å². The lowest BCUT2D eigenvalue weighted by atomic mass is 9.92. The number of rotatable bonds is 4. The summed E-state index contributed by atoms with van der Waals surface area (Å²) in [4.78, 5) is 11.5. The van der Waals surface area contributed by atoms with Crippen molar-refractivity contribution in [1.29, 1.82) is 0 Å². The molecule has 0 spiro atoms. The highest BCUT2D eigenvalue weighted by Gasteiger charge is 2.53. The van der Waals surface area contributed by atoms with E-state index in [9.17, 15) is 31.1 Å². The third kappa shape index (κ3) is 4.62. The molecular formula is C12H11F6NO2. The van der Waals surface area contributed by atoms with Crippen molar-refractivity contribution in [2.75, 3.05) is 0 Å². The molecule has 9 heteroatoms. The fraction of sp³-hybridized carbons (Fsp3) is 0.417. The van der Waals surface area contributed by atoms with Crippen LogP contribution in [0.1, 0.15) is 12.5 Å². The van der Waals surface area contributed by atoms with E-state index in [1.54, 1.807) is 0 Å². The number of ether oxygens (including phenoxy) is 1. The molecule has 1 atom stereocenters. The summed E-state index contributed by atoms with van der Waals surface area (Å²) in [6, 6.07) is 3.92. The number of ketones is 1. The Morgan fingerprint density at radius 2 is 1.57 bits per heavy atom. The fourth-order valence-electron chi connectivity index (χ4n) is 1.34. The van der Waals surface area contributed by atoms with Gasteiger partial charge >= 0.3 is 12.5 Å². The van der Waals surface area contributed by atoms with Gasteiger partial charge in [0.1, 0.15) is 5.75 Å². The van der Waals surface area contributed by atoms with Crippen molar-refractivity contribution in [3.8, 4) is 5.75 Å². The van der Waals surface area contributed by atoms with Gasteiger partial charge in [-0.05, 0) is 24.6 Å². The van der Waals surface area contributed by atoms with Crippen LogP contribution in [0.4, 0.5) is 26.3 Å². The number of hydrogen-bond donors (Lipinski definition) is 1. The lowest BCUT2D eigenvalue weighted by Crippen LogP contribution is -2.57. The lowest BCUT2D eigenvalue weighted by molar-refractivity contribution is -0.274. The Morgan fingerprint density at radius 3 is 1.95 bits per heavy atom. The number of alkyl halides is 6. The zero-order valence-electron chi connectivity index (χ0n) is 10.7. The van der Waals surface area contributed by atoms with E-state index in [1.807, 2.05) is 0 Å². The second-order valence-corrected chi connectivity index (χ2v) is 4.49. The summed E-state index contributed by atoms with van der Waals surface area (Å²) >= 11 is 0. The van der Waals surface area contributed by atoms with Gasteiger partial charge in [0, 0.05) is 6.42 Å². The maximum atomic E-state index is 12.5. The van der Waals surface area contributed by atoms with Crippen LogP contribution in [0.15, 0.2) is 24.3 Å². The number of halogens is 6. The molecule has 0 bridgehead atoms. The third-order valence-electron chi connectivity index (χ3n) is 2.69. The minimum Gasteiger partial charge on any atom is -0.406 e. The molecule has 3 nitrogen and oxygen atoms in total. The lowest BCUT2D eigenvalue weighted by Gasteiger charge is -2.25. The first-order valence-electron chi connectivity index (χ1n) is 5.56.